The third-order valence-corrected chi connectivity index (χ3v) is 6.40. The molecule has 0 saturated heterocycles. The maximum Gasteiger partial charge on any atom is 0.201 e. The molecule has 0 fully saturated rings. The zero-order valence-corrected chi connectivity index (χ0v) is 18.9. The summed E-state index contributed by atoms with van der Waals surface area (Å²) < 4.78 is 2.05. The fraction of sp³-hybridized carbons (Fsp3) is 0. The number of carbonyl (C=O) groups excluding carboxylic acids is 1. The third-order valence-electron chi connectivity index (χ3n) is 6.40. The van der Waals surface area contributed by atoms with Crippen LogP contribution in [0.5, 0.6) is 0 Å². The molecule has 0 aliphatic heterocycles. The number of rotatable bonds is 4. The quantitative estimate of drug-likeness (QED) is 0.270. The first kappa shape index (κ1) is 20.8. The van der Waals surface area contributed by atoms with E-state index in [4.69, 9.17) is 0 Å². The van der Waals surface area contributed by atoms with E-state index in [9.17, 15) is 9.59 Å². The summed E-state index contributed by atoms with van der Waals surface area (Å²) in [5, 5.41) is 2.54. The summed E-state index contributed by atoms with van der Waals surface area (Å²) in [4.78, 5) is 28.0. The normalized spacial score (nSPS) is 11.1. The lowest BCUT2D eigenvalue weighted by atomic mass is 9.92. The van der Waals surface area contributed by atoms with Gasteiger partial charge in [-0.3, -0.25) is 9.59 Å². The lowest BCUT2D eigenvalue weighted by Gasteiger charge is -2.22. The van der Waals surface area contributed by atoms with Crippen LogP contribution in [0.2, 0.25) is 0 Å². The molecule has 0 aliphatic carbocycles. The van der Waals surface area contributed by atoms with Crippen molar-refractivity contribution in [3.8, 4) is 16.9 Å². The molecule has 0 radical (unpaired) electrons. The number of hydrogen-bond donors (Lipinski definition) is 0. The Balaban J connectivity index is 1.85. The largest absolute Gasteiger partial charge is 0.308 e. The molecular formula is C32H21NO2. The molecule has 35 heavy (non-hydrogen) atoms. The van der Waals surface area contributed by atoms with Gasteiger partial charge in [-0.15, -0.1) is 0 Å². The van der Waals surface area contributed by atoms with E-state index in [1.54, 1.807) is 18.2 Å². The zero-order chi connectivity index (χ0) is 23.8. The average Bonchev–Trinajstić information content (AvgIpc) is 2.93. The molecule has 0 N–H and O–H groups in total. The summed E-state index contributed by atoms with van der Waals surface area (Å²) in [6, 6.07) is 40.5. The van der Waals surface area contributed by atoms with E-state index in [1.807, 2.05) is 109 Å². The van der Waals surface area contributed by atoms with Crippen LogP contribution in [-0.2, 0) is 0 Å². The third kappa shape index (κ3) is 3.46. The maximum atomic E-state index is 14.0. The highest BCUT2D eigenvalue weighted by atomic mass is 16.1. The number of fused-ring (bicyclic) bond motifs is 2. The molecule has 0 saturated carbocycles. The van der Waals surface area contributed by atoms with Gasteiger partial charge in [-0.05, 0) is 35.0 Å². The molecule has 3 heteroatoms. The number of carbonyl (C=O) groups is 1. The Morgan fingerprint density at radius 3 is 1.94 bits per heavy atom. The minimum atomic E-state index is -0.283. The van der Waals surface area contributed by atoms with Crippen LogP contribution in [0, 0.1) is 0 Å². The van der Waals surface area contributed by atoms with Crippen LogP contribution in [0.3, 0.4) is 0 Å². The lowest BCUT2D eigenvalue weighted by Crippen LogP contribution is -2.22. The molecule has 6 rings (SSSR count). The van der Waals surface area contributed by atoms with Gasteiger partial charge in [0, 0.05) is 22.2 Å². The van der Waals surface area contributed by atoms with E-state index in [-0.39, 0.29) is 16.8 Å². The van der Waals surface area contributed by atoms with Crippen LogP contribution in [0.1, 0.15) is 15.9 Å². The van der Waals surface area contributed by atoms with Crippen molar-refractivity contribution in [2.45, 2.75) is 0 Å². The van der Waals surface area contributed by atoms with Gasteiger partial charge in [0.25, 0.3) is 0 Å². The standard InChI is InChI=1S/C32H21NO2/c34-31(23-13-3-1-4-14-23)29-30(26-20-11-15-22-12-7-8-18-25(22)26)33(24-16-5-2-6-17-24)28-21-10-9-19-27(28)32(29)35/h1-21H. The Hall–Kier alpha value is -4.76. The fourth-order valence-corrected chi connectivity index (χ4v) is 4.81. The number of hydrogen-bond acceptors (Lipinski definition) is 2. The molecule has 5 aromatic carbocycles. The molecule has 0 amide bonds. The fourth-order valence-electron chi connectivity index (χ4n) is 4.81. The molecular weight excluding hydrogens is 430 g/mol. The molecule has 6 aromatic rings. The number of pyridine rings is 1. The zero-order valence-electron chi connectivity index (χ0n) is 18.9. The number of benzene rings is 5. The lowest BCUT2D eigenvalue weighted by molar-refractivity contribution is 0.103. The average molecular weight is 452 g/mol. The minimum absolute atomic E-state index is 0.176. The Morgan fingerprint density at radius 2 is 1.17 bits per heavy atom. The van der Waals surface area contributed by atoms with E-state index >= 15 is 0 Å². The summed E-state index contributed by atoms with van der Waals surface area (Å²) in [6.07, 6.45) is 0. The first-order chi connectivity index (χ1) is 17.2. The van der Waals surface area contributed by atoms with Crippen molar-refractivity contribution in [1.29, 1.82) is 0 Å². The van der Waals surface area contributed by atoms with Gasteiger partial charge in [0.2, 0.25) is 5.43 Å². The first-order valence-electron chi connectivity index (χ1n) is 11.5. The van der Waals surface area contributed by atoms with Crippen LogP contribution in [0.4, 0.5) is 0 Å². The molecule has 1 aromatic heterocycles. The van der Waals surface area contributed by atoms with Crippen LogP contribution in [0.25, 0.3) is 38.6 Å². The van der Waals surface area contributed by atoms with E-state index in [1.165, 1.54) is 0 Å². The monoisotopic (exact) mass is 451 g/mol. The second-order valence-electron chi connectivity index (χ2n) is 8.46. The summed E-state index contributed by atoms with van der Waals surface area (Å²) in [5.41, 5.74) is 3.49. The summed E-state index contributed by atoms with van der Waals surface area (Å²) in [6.45, 7) is 0. The first-order valence-corrected chi connectivity index (χ1v) is 11.5. The minimum Gasteiger partial charge on any atom is -0.308 e. The molecule has 0 spiro atoms. The smallest absolute Gasteiger partial charge is 0.201 e. The topological polar surface area (TPSA) is 39.1 Å². The van der Waals surface area contributed by atoms with E-state index in [2.05, 4.69) is 4.57 Å². The molecule has 3 nitrogen and oxygen atoms in total. The van der Waals surface area contributed by atoms with Crippen LogP contribution < -0.4 is 5.43 Å². The van der Waals surface area contributed by atoms with E-state index < -0.39 is 0 Å². The van der Waals surface area contributed by atoms with Gasteiger partial charge in [-0.25, -0.2) is 0 Å². The molecule has 166 valence electrons. The summed E-state index contributed by atoms with van der Waals surface area (Å²) >= 11 is 0. The van der Waals surface area contributed by atoms with Crippen LogP contribution in [0.15, 0.2) is 132 Å². The Bertz CT molecular complexity index is 1760. The number of para-hydroxylation sites is 2. The highest BCUT2D eigenvalue weighted by Gasteiger charge is 2.26. The number of nitrogens with zero attached hydrogens (tertiary/aromatic N) is 1. The van der Waals surface area contributed by atoms with Crippen molar-refractivity contribution in [3.63, 3.8) is 0 Å². The van der Waals surface area contributed by atoms with Gasteiger partial charge in [-0.2, -0.15) is 0 Å². The molecule has 0 bridgehead atoms. The Kier molecular flexibility index (Phi) is 5.08. The SMILES string of the molecule is O=C(c1ccccc1)c1c(-c2cccc3ccccc23)n(-c2ccccc2)c2ccccc2c1=O. The van der Waals surface area contributed by atoms with Gasteiger partial charge in [0.1, 0.15) is 0 Å². The van der Waals surface area contributed by atoms with Gasteiger partial charge >= 0.3 is 0 Å². The van der Waals surface area contributed by atoms with Crippen molar-refractivity contribution in [2.75, 3.05) is 0 Å². The predicted molar refractivity (Wildman–Crippen MR) is 142 cm³/mol. The van der Waals surface area contributed by atoms with Crippen molar-refractivity contribution < 1.29 is 4.79 Å². The number of aromatic nitrogens is 1. The van der Waals surface area contributed by atoms with E-state index in [0.29, 0.717) is 16.6 Å². The van der Waals surface area contributed by atoms with Crippen LogP contribution in [-0.4, -0.2) is 10.4 Å². The van der Waals surface area contributed by atoms with Gasteiger partial charge in [0.05, 0.1) is 16.8 Å². The maximum absolute atomic E-state index is 14.0. The van der Waals surface area contributed by atoms with Crippen molar-refractivity contribution in [3.05, 3.63) is 149 Å². The van der Waals surface area contributed by atoms with E-state index in [0.717, 1.165) is 27.5 Å². The molecule has 0 aliphatic rings. The second kappa shape index (κ2) is 8.54. The summed E-state index contributed by atoms with van der Waals surface area (Å²) in [5.74, 6) is -0.283. The van der Waals surface area contributed by atoms with Gasteiger partial charge in [0.15, 0.2) is 5.78 Å². The molecule has 1 heterocycles. The molecule has 0 atom stereocenters. The van der Waals surface area contributed by atoms with Crippen LogP contribution >= 0.6 is 0 Å². The van der Waals surface area contributed by atoms with Crippen molar-refractivity contribution in [2.24, 2.45) is 0 Å². The molecule has 0 unspecified atom stereocenters. The second-order valence-corrected chi connectivity index (χ2v) is 8.46. The highest BCUT2D eigenvalue weighted by molar-refractivity contribution is 6.15. The summed E-state index contributed by atoms with van der Waals surface area (Å²) in [7, 11) is 0. The van der Waals surface area contributed by atoms with Crippen molar-refractivity contribution >= 4 is 27.5 Å². The Labute approximate surface area is 202 Å². The Morgan fingerprint density at radius 1 is 0.571 bits per heavy atom. The number of ketones is 1. The highest BCUT2D eigenvalue weighted by Crippen LogP contribution is 2.35. The van der Waals surface area contributed by atoms with Gasteiger partial charge in [-0.1, -0.05) is 103 Å². The van der Waals surface area contributed by atoms with Crippen molar-refractivity contribution in [1.82, 2.24) is 4.57 Å². The van der Waals surface area contributed by atoms with Gasteiger partial charge < -0.3 is 4.57 Å². The predicted octanol–water partition coefficient (Wildman–Crippen LogP) is 7.04.